The summed E-state index contributed by atoms with van der Waals surface area (Å²) in [5, 5.41) is 14.9. The van der Waals surface area contributed by atoms with Crippen molar-refractivity contribution in [2.24, 2.45) is 11.3 Å². The highest BCUT2D eigenvalue weighted by Crippen LogP contribution is 2.44. The molecule has 1 aliphatic carbocycles. The van der Waals surface area contributed by atoms with E-state index in [0.29, 0.717) is 0 Å². The van der Waals surface area contributed by atoms with Crippen LogP contribution in [0.4, 0.5) is 4.79 Å². The number of amides is 2. The van der Waals surface area contributed by atoms with E-state index in [9.17, 15) is 19.5 Å². The number of carboxylic acid groups (broad SMARTS) is 1. The van der Waals surface area contributed by atoms with Gasteiger partial charge in [0.1, 0.15) is 6.61 Å². The van der Waals surface area contributed by atoms with Crippen molar-refractivity contribution in [3.8, 4) is 11.1 Å². The molecule has 0 bridgehead atoms. The molecule has 0 spiro atoms. The molecule has 35 heavy (non-hydrogen) atoms. The molecule has 3 rings (SSSR count). The number of hydrogen-bond acceptors (Lipinski definition) is 4. The molecule has 0 saturated carbocycles. The van der Waals surface area contributed by atoms with Gasteiger partial charge in [0.25, 0.3) is 0 Å². The van der Waals surface area contributed by atoms with Gasteiger partial charge in [-0.3, -0.25) is 9.59 Å². The van der Waals surface area contributed by atoms with Crippen molar-refractivity contribution in [1.82, 2.24) is 10.6 Å². The zero-order valence-electron chi connectivity index (χ0n) is 21.3. The van der Waals surface area contributed by atoms with Gasteiger partial charge in [0.05, 0.1) is 17.4 Å². The molecule has 2 aromatic rings. The molecule has 0 saturated heterocycles. The van der Waals surface area contributed by atoms with Crippen LogP contribution in [-0.2, 0) is 14.3 Å². The third-order valence-corrected chi connectivity index (χ3v) is 7.40. The fourth-order valence-corrected chi connectivity index (χ4v) is 4.32. The van der Waals surface area contributed by atoms with E-state index in [0.717, 1.165) is 22.3 Å². The summed E-state index contributed by atoms with van der Waals surface area (Å²) < 4.78 is 5.66. The van der Waals surface area contributed by atoms with Crippen LogP contribution >= 0.6 is 0 Å². The van der Waals surface area contributed by atoms with Crippen molar-refractivity contribution in [3.05, 3.63) is 59.7 Å². The number of ether oxygens (including phenoxy) is 1. The standard InChI is InChI=1S/C28H36N2O5/c1-17(2)23(15-24(31)32)29-25(33)27(3,4)28(5,6)30-26(34)35-16-22-20-13-9-7-11-18(20)19-12-8-10-14-21(19)22/h7-14,17,22-23H,15-16H2,1-6H3,(H,29,33)(H,30,34)(H,31,32)/t23-/m0/s1. The van der Waals surface area contributed by atoms with Crippen LogP contribution in [0.5, 0.6) is 0 Å². The lowest BCUT2D eigenvalue weighted by Gasteiger charge is -2.41. The number of carbonyl (C=O) groups excluding carboxylic acids is 2. The molecular formula is C28H36N2O5. The van der Waals surface area contributed by atoms with E-state index in [2.05, 4.69) is 34.9 Å². The van der Waals surface area contributed by atoms with E-state index in [-0.39, 0.29) is 30.8 Å². The predicted molar refractivity (Wildman–Crippen MR) is 135 cm³/mol. The predicted octanol–water partition coefficient (Wildman–Crippen LogP) is 4.95. The van der Waals surface area contributed by atoms with Crippen LogP contribution < -0.4 is 10.6 Å². The van der Waals surface area contributed by atoms with Crippen molar-refractivity contribution >= 4 is 18.0 Å². The fraction of sp³-hybridized carbons (Fsp3) is 0.464. The number of carbonyl (C=O) groups is 3. The van der Waals surface area contributed by atoms with Crippen LogP contribution in [0.3, 0.4) is 0 Å². The van der Waals surface area contributed by atoms with E-state index in [4.69, 9.17) is 4.74 Å². The summed E-state index contributed by atoms with van der Waals surface area (Å²) in [4.78, 5) is 37.2. The number of alkyl carbamates (subject to hydrolysis) is 1. The number of hydrogen-bond donors (Lipinski definition) is 3. The van der Waals surface area contributed by atoms with Gasteiger partial charge in [-0.05, 0) is 55.9 Å². The number of aliphatic carboxylic acids is 1. The number of rotatable bonds is 9. The Labute approximate surface area is 207 Å². The molecule has 0 heterocycles. The topological polar surface area (TPSA) is 105 Å². The summed E-state index contributed by atoms with van der Waals surface area (Å²) in [6, 6.07) is 15.7. The van der Waals surface area contributed by atoms with Gasteiger partial charge in [-0.2, -0.15) is 0 Å². The van der Waals surface area contributed by atoms with Crippen LogP contribution in [0, 0.1) is 11.3 Å². The first-order valence-corrected chi connectivity index (χ1v) is 12.0. The smallest absolute Gasteiger partial charge is 0.407 e. The largest absolute Gasteiger partial charge is 0.481 e. The van der Waals surface area contributed by atoms with Crippen molar-refractivity contribution in [2.75, 3.05) is 6.61 Å². The van der Waals surface area contributed by atoms with E-state index in [1.54, 1.807) is 27.7 Å². The van der Waals surface area contributed by atoms with Gasteiger partial charge in [0, 0.05) is 12.0 Å². The fourth-order valence-electron chi connectivity index (χ4n) is 4.32. The average Bonchev–Trinajstić information content (AvgIpc) is 3.10. The molecule has 2 amide bonds. The number of carboxylic acids is 1. The third-order valence-electron chi connectivity index (χ3n) is 7.40. The number of nitrogens with one attached hydrogen (secondary N) is 2. The zero-order chi connectivity index (χ0) is 26.0. The van der Waals surface area contributed by atoms with Crippen LogP contribution in [0.2, 0.25) is 0 Å². The Kier molecular flexibility index (Phi) is 7.58. The van der Waals surface area contributed by atoms with E-state index in [1.807, 2.05) is 38.1 Å². The highest BCUT2D eigenvalue weighted by molar-refractivity contribution is 5.85. The summed E-state index contributed by atoms with van der Waals surface area (Å²) in [7, 11) is 0. The van der Waals surface area contributed by atoms with Gasteiger partial charge in [-0.25, -0.2) is 4.79 Å². The SMILES string of the molecule is CC(C)[C@H](CC(=O)O)NC(=O)C(C)(C)C(C)(C)NC(=O)OCC1c2ccccc2-c2ccccc21. The minimum absolute atomic E-state index is 0.0518. The molecule has 1 aliphatic rings. The molecular weight excluding hydrogens is 444 g/mol. The maximum absolute atomic E-state index is 13.1. The Hall–Kier alpha value is -3.35. The molecule has 7 nitrogen and oxygen atoms in total. The maximum atomic E-state index is 13.1. The summed E-state index contributed by atoms with van der Waals surface area (Å²) >= 11 is 0. The lowest BCUT2D eigenvalue weighted by atomic mass is 9.73. The second-order valence-electron chi connectivity index (χ2n) is 10.6. The molecule has 188 valence electrons. The Morgan fingerprint density at radius 2 is 1.46 bits per heavy atom. The lowest BCUT2D eigenvalue weighted by Crippen LogP contribution is -2.61. The minimum atomic E-state index is -1.04. The lowest BCUT2D eigenvalue weighted by molar-refractivity contribution is -0.139. The average molecular weight is 481 g/mol. The first kappa shape index (κ1) is 26.3. The molecule has 0 aromatic heterocycles. The van der Waals surface area contributed by atoms with Crippen LogP contribution in [0.25, 0.3) is 11.1 Å². The second-order valence-corrected chi connectivity index (χ2v) is 10.6. The van der Waals surface area contributed by atoms with Crippen LogP contribution in [0.1, 0.15) is 65.0 Å². The minimum Gasteiger partial charge on any atom is -0.481 e. The highest BCUT2D eigenvalue weighted by Gasteiger charge is 2.45. The summed E-state index contributed by atoms with van der Waals surface area (Å²) in [5.41, 5.74) is 2.54. The maximum Gasteiger partial charge on any atom is 0.407 e. The molecule has 2 aromatic carbocycles. The zero-order valence-corrected chi connectivity index (χ0v) is 21.3. The van der Waals surface area contributed by atoms with Crippen molar-refractivity contribution in [2.45, 2.75) is 65.5 Å². The third kappa shape index (κ3) is 5.50. The second kappa shape index (κ2) is 10.1. The Balaban J connectivity index is 1.67. The van der Waals surface area contributed by atoms with E-state index < -0.39 is 29.1 Å². The molecule has 0 aliphatic heterocycles. The van der Waals surface area contributed by atoms with Crippen molar-refractivity contribution in [1.29, 1.82) is 0 Å². The molecule has 0 unspecified atom stereocenters. The summed E-state index contributed by atoms with van der Waals surface area (Å²) in [6.07, 6.45) is -0.775. The molecule has 7 heteroatoms. The number of fused-ring (bicyclic) bond motifs is 3. The first-order valence-electron chi connectivity index (χ1n) is 12.0. The Morgan fingerprint density at radius 1 is 0.943 bits per heavy atom. The van der Waals surface area contributed by atoms with Gasteiger partial charge in [0.15, 0.2) is 0 Å². The molecule has 1 atom stereocenters. The molecule has 0 fully saturated rings. The van der Waals surface area contributed by atoms with E-state index >= 15 is 0 Å². The highest BCUT2D eigenvalue weighted by atomic mass is 16.5. The van der Waals surface area contributed by atoms with Crippen molar-refractivity contribution < 1.29 is 24.2 Å². The summed E-state index contributed by atoms with van der Waals surface area (Å²) in [6.45, 7) is 10.9. The first-order chi connectivity index (χ1) is 16.3. The Morgan fingerprint density at radius 3 is 1.94 bits per heavy atom. The monoisotopic (exact) mass is 480 g/mol. The van der Waals surface area contributed by atoms with E-state index in [1.165, 1.54) is 0 Å². The van der Waals surface area contributed by atoms with Gasteiger partial charge >= 0.3 is 12.1 Å². The van der Waals surface area contributed by atoms with Gasteiger partial charge in [-0.15, -0.1) is 0 Å². The Bertz CT molecular complexity index is 1060. The number of benzene rings is 2. The molecule has 3 N–H and O–H groups in total. The van der Waals surface area contributed by atoms with Gasteiger partial charge < -0.3 is 20.5 Å². The van der Waals surface area contributed by atoms with Crippen LogP contribution in [0.15, 0.2) is 48.5 Å². The van der Waals surface area contributed by atoms with Crippen molar-refractivity contribution in [3.63, 3.8) is 0 Å². The quantitative estimate of drug-likeness (QED) is 0.471. The van der Waals surface area contributed by atoms with Gasteiger partial charge in [-0.1, -0.05) is 62.4 Å². The summed E-state index contributed by atoms with van der Waals surface area (Å²) in [5.74, 6) is -1.42. The van der Waals surface area contributed by atoms with Crippen LogP contribution in [-0.4, -0.2) is 41.3 Å². The van der Waals surface area contributed by atoms with Gasteiger partial charge in [0.2, 0.25) is 5.91 Å². The normalized spacial score (nSPS) is 14.1. The molecule has 0 radical (unpaired) electrons.